The molecule has 0 N–H and O–H groups in total. The van der Waals surface area contributed by atoms with Crippen LogP contribution >= 0.6 is 12.6 Å². The average molecular weight is 230 g/mol. The molecule has 1 aliphatic rings. The standard InChI is InChI=1S/C12H26N2S/c1-10(2)14(4)12-7-5-11(6-8-12)13(3)9-15/h10-12,15H,5-9H2,1-4H3. The van der Waals surface area contributed by atoms with Crippen LogP contribution in [0.15, 0.2) is 0 Å². The lowest BCUT2D eigenvalue weighted by molar-refractivity contribution is 0.115. The van der Waals surface area contributed by atoms with Gasteiger partial charge in [-0.1, -0.05) is 0 Å². The predicted molar refractivity (Wildman–Crippen MR) is 70.6 cm³/mol. The van der Waals surface area contributed by atoms with E-state index in [0.717, 1.165) is 18.0 Å². The summed E-state index contributed by atoms with van der Waals surface area (Å²) in [6, 6.07) is 2.24. The zero-order chi connectivity index (χ0) is 11.4. The summed E-state index contributed by atoms with van der Waals surface area (Å²) in [5, 5.41) is 0. The summed E-state index contributed by atoms with van der Waals surface area (Å²) in [6.45, 7) is 4.57. The summed E-state index contributed by atoms with van der Waals surface area (Å²) in [4.78, 5) is 4.89. The highest BCUT2D eigenvalue weighted by Crippen LogP contribution is 2.26. The van der Waals surface area contributed by atoms with Crippen molar-refractivity contribution in [2.24, 2.45) is 0 Å². The predicted octanol–water partition coefficient (Wildman–Crippen LogP) is 2.46. The molecule has 15 heavy (non-hydrogen) atoms. The highest BCUT2D eigenvalue weighted by molar-refractivity contribution is 7.80. The van der Waals surface area contributed by atoms with Gasteiger partial charge in [0.25, 0.3) is 0 Å². The fourth-order valence-electron chi connectivity index (χ4n) is 2.44. The van der Waals surface area contributed by atoms with Gasteiger partial charge in [-0.05, 0) is 53.6 Å². The monoisotopic (exact) mass is 230 g/mol. The second-order valence-corrected chi connectivity index (χ2v) is 5.40. The minimum atomic E-state index is 0.675. The molecule has 1 saturated carbocycles. The van der Waals surface area contributed by atoms with Crippen LogP contribution < -0.4 is 0 Å². The van der Waals surface area contributed by atoms with Crippen LogP contribution in [-0.2, 0) is 0 Å². The summed E-state index contributed by atoms with van der Waals surface area (Å²) in [7, 11) is 4.45. The van der Waals surface area contributed by atoms with Crippen LogP contribution in [-0.4, -0.2) is 47.9 Å². The van der Waals surface area contributed by atoms with E-state index in [-0.39, 0.29) is 0 Å². The molecule has 1 aliphatic carbocycles. The van der Waals surface area contributed by atoms with Crippen molar-refractivity contribution in [3.63, 3.8) is 0 Å². The lowest BCUT2D eigenvalue weighted by atomic mass is 9.89. The Balaban J connectivity index is 2.35. The van der Waals surface area contributed by atoms with E-state index < -0.39 is 0 Å². The van der Waals surface area contributed by atoms with Crippen LogP contribution in [0.3, 0.4) is 0 Å². The normalized spacial score (nSPS) is 28.0. The molecule has 0 bridgehead atoms. The zero-order valence-electron chi connectivity index (χ0n) is 10.6. The quantitative estimate of drug-likeness (QED) is 0.585. The first kappa shape index (κ1) is 13.3. The number of nitrogens with zero attached hydrogens (tertiary/aromatic N) is 2. The highest BCUT2D eigenvalue weighted by atomic mass is 32.1. The Morgan fingerprint density at radius 1 is 1.07 bits per heavy atom. The molecular weight excluding hydrogens is 204 g/mol. The molecule has 0 aromatic heterocycles. The third-order valence-corrected chi connectivity index (χ3v) is 4.35. The first-order chi connectivity index (χ1) is 7.06. The molecule has 0 saturated heterocycles. The third kappa shape index (κ3) is 3.65. The van der Waals surface area contributed by atoms with Gasteiger partial charge in [0, 0.05) is 24.0 Å². The molecule has 0 aliphatic heterocycles. The number of thiol groups is 1. The fourth-order valence-corrected chi connectivity index (χ4v) is 2.67. The van der Waals surface area contributed by atoms with Crippen molar-refractivity contribution in [1.82, 2.24) is 9.80 Å². The van der Waals surface area contributed by atoms with E-state index in [9.17, 15) is 0 Å². The van der Waals surface area contributed by atoms with Crippen LogP contribution in [0, 0.1) is 0 Å². The van der Waals surface area contributed by atoms with Crippen molar-refractivity contribution in [3.8, 4) is 0 Å². The Morgan fingerprint density at radius 3 is 1.93 bits per heavy atom. The molecule has 2 nitrogen and oxygen atoms in total. The van der Waals surface area contributed by atoms with Gasteiger partial charge in [-0.2, -0.15) is 12.6 Å². The number of hydrogen-bond donors (Lipinski definition) is 1. The van der Waals surface area contributed by atoms with Crippen LogP contribution in [0.2, 0.25) is 0 Å². The maximum absolute atomic E-state index is 4.34. The summed E-state index contributed by atoms with van der Waals surface area (Å²) in [5.41, 5.74) is 0. The van der Waals surface area contributed by atoms with Crippen molar-refractivity contribution < 1.29 is 0 Å². The average Bonchev–Trinajstić information content (AvgIpc) is 2.27. The summed E-state index contributed by atoms with van der Waals surface area (Å²) >= 11 is 4.34. The molecule has 1 fully saturated rings. The largest absolute Gasteiger partial charge is 0.301 e. The van der Waals surface area contributed by atoms with Gasteiger partial charge in [0.2, 0.25) is 0 Å². The lowest BCUT2D eigenvalue weighted by Crippen LogP contribution is -2.43. The van der Waals surface area contributed by atoms with Crippen LogP contribution in [0.5, 0.6) is 0 Å². The first-order valence-corrected chi connectivity index (χ1v) is 6.72. The van der Waals surface area contributed by atoms with Crippen molar-refractivity contribution in [2.75, 3.05) is 20.0 Å². The summed E-state index contributed by atoms with van der Waals surface area (Å²) in [6.07, 6.45) is 5.35. The fraction of sp³-hybridized carbons (Fsp3) is 1.00. The number of hydrogen-bond acceptors (Lipinski definition) is 3. The maximum Gasteiger partial charge on any atom is 0.0414 e. The molecule has 0 aromatic carbocycles. The zero-order valence-corrected chi connectivity index (χ0v) is 11.5. The van der Waals surface area contributed by atoms with E-state index in [1.165, 1.54) is 25.7 Å². The Labute approximate surface area is 100 Å². The lowest BCUT2D eigenvalue weighted by Gasteiger charge is -2.39. The van der Waals surface area contributed by atoms with E-state index in [1.807, 2.05) is 0 Å². The molecule has 0 unspecified atom stereocenters. The smallest absolute Gasteiger partial charge is 0.0414 e. The minimum absolute atomic E-state index is 0.675. The summed E-state index contributed by atoms with van der Waals surface area (Å²) < 4.78 is 0. The molecule has 0 aromatic rings. The van der Waals surface area contributed by atoms with Gasteiger partial charge < -0.3 is 4.90 Å². The molecule has 0 heterocycles. The van der Waals surface area contributed by atoms with Gasteiger partial charge >= 0.3 is 0 Å². The van der Waals surface area contributed by atoms with Gasteiger partial charge in [0.15, 0.2) is 0 Å². The molecule has 0 spiro atoms. The minimum Gasteiger partial charge on any atom is -0.301 e. The van der Waals surface area contributed by atoms with Gasteiger partial charge in [0.05, 0.1) is 0 Å². The van der Waals surface area contributed by atoms with Gasteiger partial charge in [-0.3, -0.25) is 4.90 Å². The van der Waals surface area contributed by atoms with Gasteiger partial charge in [-0.15, -0.1) is 0 Å². The second-order valence-electron chi connectivity index (χ2n) is 5.12. The third-order valence-electron chi connectivity index (χ3n) is 3.90. The van der Waals surface area contributed by atoms with Gasteiger partial charge in [0.1, 0.15) is 0 Å². The highest BCUT2D eigenvalue weighted by Gasteiger charge is 2.26. The molecule has 3 heteroatoms. The van der Waals surface area contributed by atoms with Gasteiger partial charge in [-0.25, -0.2) is 0 Å². The van der Waals surface area contributed by atoms with E-state index >= 15 is 0 Å². The molecule has 0 radical (unpaired) electrons. The Hall–Kier alpha value is 0.270. The Morgan fingerprint density at radius 2 is 1.53 bits per heavy atom. The Bertz CT molecular complexity index is 176. The summed E-state index contributed by atoms with van der Waals surface area (Å²) in [5.74, 6) is 0.884. The van der Waals surface area contributed by atoms with Crippen LogP contribution in [0.25, 0.3) is 0 Å². The SMILES string of the molecule is CC(C)N(C)C1CCC(N(C)CS)CC1. The van der Waals surface area contributed by atoms with E-state index in [2.05, 4.69) is 50.4 Å². The van der Waals surface area contributed by atoms with Crippen molar-refractivity contribution in [3.05, 3.63) is 0 Å². The van der Waals surface area contributed by atoms with E-state index in [1.54, 1.807) is 0 Å². The molecular formula is C12H26N2S. The second kappa shape index (κ2) is 6.12. The van der Waals surface area contributed by atoms with E-state index in [0.29, 0.717) is 6.04 Å². The molecule has 0 atom stereocenters. The first-order valence-electron chi connectivity index (χ1n) is 6.09. The van der Waals surface area contributed by atoms with Crippen molar-refractivity contribution >= 4 is 12.6 Å². The molecule has 1 rings (SSSR count). The maximum atomic E-state index is 4.34. The topological polar surface area (TPSA) is 6.48 Å². The van der Waals surface area contributed by atoms with Crippen LogP contribution in [0.1, 0.15) is 39.5 Å². The van der Waals surface area contributed by atoms with E-state index in [4.69, 9.17) is 0 Å². The Kier molecular flexibility index (Phi) is 5.44. The van der Waals surface area contributed by atoms with Crippen molar-refractivity contribution in [1.29, 1.82) is 0 Å². The molecule has 90 valence electrons. The number of rotatable bonds is 4. The van der Waals surface area contributed by atoms with Crippen molar-refractivity contribution in [2.45, 2.75) is 57.7 Å². The van der Waals surface area contributed by atoms with Crippen LogP contribution in [0.4, 0.5) is 0 Å². The molecule has 0 amide bonds.